The third-order valence-corrected chi connectivity index (χ3v) is 4.55. The Morgan fingerprint density at radius 3 is 2.58 bits per heavy atom. The lowest BCUT2D eigenvalue weighted by Gasteiger charge is -2.06. The largest absolute Gasteiger partial charge is 0.354 e. The second kappa shape index (κ2) is 5.77. The molecule has 0 radical (unpaired) electrons. The zero-order chi connectivity index (χ0) is 16.7. The number of aromatic nitrogens is 3. The van der Waals surface area contributed by atoms with Gasteiger partial charge in [-0.2, -0.15) is 0 Å². The van der Waals surface area contributed by atoms with E-state index in [0.717, 1.165) is 33.5 Å². The van der Waals surface area contributed by atoms with E-state index in [-0.39, 0.29) is 0 Å². The van der Waals surface area contributed by atoms with Gasteiger partial charge in [0.2, 0.25) is 0 Å². The Hall–Kier alpha value is -2.65. The number of hydrogen-bond donors (Lipinski definition) is 1. The second-order valence-electron chi connectivity index (χ2n) is 6.00. The summed E-state index contributed by atoms with van der Waals surface area (Å²) in [6.45, 7) is 4.14. The van der Waals surface area contributed by atoms with Crippen LogP contribution in [0.5, 0.6) is 0 Å². The van der Waals surface area contributed by atoms with E-state index in [1.54, 1.807) is 0 Å². The number of benzene rings is 1. The van der Waals surface area contributed by atoms with Gasteiger partial charge in [-0.15, -0.1) is 0 Å². The van der Waals surface area contributed by atoms with Gasteiger partial charge in [-0.25, -0.2) is 4.98 Å². The van der Waals surface area contributed by atoms with E-state index in [0.29, 0.717) is 5.15 Å². The molecular weight excluding hydrogens is 318 g/mol. The van der Waals surface area contributed by atoms with Crippen molar-refractivity contribution in [2.75, 3.05) is 0 Å². The lowest BCUT2D eigenvalue weighted by molar-refractivity contribution is 1.27. The van der Waals surface area contributed by atoms with E-state index in [9.17, 15) is 0 Å². The summed E-state index contributed by atoms with van der Waals surface area (Å²) in [4.78, 5) is 11.9. The van der Waals surface area contributed by atoms with Gasteiger partial charge in [0.15, 0.2) is 0 Å². The van der Waals surface area contributed by atoms with Crippen LogP contribution in [-0.2, 0) is 0 Å². The van der Waals surface area contributed by atoms with Gasteiger partial charge in [0.1, 0.15) is 5.15 Å². The number of H-pyrrole nitrogens is 1. The smallest absolute Gasteiger partial charge is 0.129 e. The molecule has 0 atom stereocenters. The topological polar surface area (TPSA) is 41.6 Å². The quantitative estimate of drug-likeness (QED) is 0.488. The molecule has 0 fully saturated rings. The Balaban J connectivity index is 1.83. The van der Waals surface area contributed by atoms with Crippen LogP contribution >= 0.6 is 11.6 Å². The fourth-order valence-electron chi connectivity index (χ4n) is 3.02. The first kappa shape index (κ1) is 14.9. The normalized spacial score (nSPS) is 11.1. The van der Waals surface area contributed by atoms with Gasteiger partial charge in [0.05, 0.1) is 0 Å². The molecular formula is C20H16ClN3. The fourth-order valence-corrected chi connectivity index (χ4v) is 3.23. The zero-order valence-electron chi connectivity index (χ0n) is 13.5. The number of aryl methyl sites for hydroxylation is 2. The van der Waals surface area contributed by atoms with Crippen molar-refractivity contribution in [3.8, 4) is 22.4 Å². The molecule has 0 amide bonds. The van der Waals surface area contributed by atoms with Gasteiger partial charge in [0.25, 0.3) is 0 Å². The highest BCUT2D eigenvalue weighted by molar-refractivity contribution is 6.29. The van der Waals surface area contributed by atoms with Gasteiger partial charge in [-0.1, -0.05) is 17.7 Å². The van der Waals surface area contributed by atoms with Crippen molar-refractivity contribution in [3.05, 3.63) is 71.3 Å². The molecule has 4 aromatic rings. The minimum Gasteiger partial charge on any atom is -0.354 e. The zero-order valence-corrected chi connectivity index (χ0v) is 14.2. The number of aromatic amines is 1. The highest BCUT2D eigenvalue weighted by Crippen LogP contribution is 2.31. The molecule has 0 bridgehead atoms. The molecule has 24 heavy (non-hydrogen) atoms. The van der Waals surface area contributed by atoms with Crippen molar-refractivity contribution in [1.82, 2.24) is 15.0 Å². The van der Waals surface area contributed by atoms with Crippen molar-refractivity contribution in [1.29, 1.82) is 0 Å². The van der Waals surface area contributed by atoms with Crippen LogP contribution < -0.4 is 0 Å². The van der Waals surface area contributed by atoms with Gasteiger partial charge in [-0.3, -0.25) is 4.98 Å². The molecule has 4 heteroatoms. The van der Waals surface area contributed by atoms with Gasteiger partial charge >= 0.3 is 0 Å². The van der Waals surface area contributed by atoms with Crippen molar-refractivity contribution >= 4 is 22.5 Å². The Labute approximate surface area is 145 Å². The maximum atomic E-state index is 5.96. The molecule has 3 aromatic heterocycles. The summed E-state index contributed by atoms with van der Waals surface area (Å²) in [5.41, 5.74) is 7.87. The number of rotatable bonds is 2. The summed E-state index contributed by atoms with van der Waals surface area (Å²) in [6, 6.07) is 12.5. The predicted octanol–water partition coefficient (Wildman–Crippen LogP) is 5.56. The second-order valence-corrected chi connectivity index (χ2v) is 6.38. The molecule has 0 saturated heterocycles. The maximum Gasteiger partial charge on any atom is 0.129 e. The molecule has 1 aromatic carbocycles. The van der Waals surface area contributed by atoms with Crippen molar-refractivity contribution in [2.45, 2.75) is 13.8 Å². The van der Waals surface area contributed by atoms with Gasteiger partial charge in [-0.05, 0) is 60.9 Å². The number of nitrogens with one attached hydrogen (secondary N) is 1. The van der Waals surface area contributed by atoms with Crippen molar-refractivity contribution in [3.63, 3.8) is 0 Å². The van der Waals surface area contributed by atoms with Crippen molar-refractivity contribution in [2.24, 2.45) is 0 Å². The molecule has 3 nitrogen and oxygen atoms in total. The van der Waals surface area contributed by atoms with Crippen LogP contribution in [0.15, 0.2) is 55.0 Å². The summed E-state index contributed by atoms with van der Waals surface area (Å²) in [7, 11) is 0. The molecule has 118 valence electrons. The van der Waals surface area contributed by atoms with Crippen LogP contribution in [0.1, 0.15) is 11.1 Å². The number of pyridine rings is 2. The van der Waals surface area contributed by atoms with Crippen LogP contribution in [0, 0.1) is 13.8 Å². The van der Waals surface area contributed by atoms with E-state index in [4.69, 9.17) is 11.6 Å². The first-order chi connectivity index (χ1) is 11.6. The van der Waals surface area contributed by atoms with E-state index >= 15 is 0 Å². The molecule has 0 aliphatic heterocycles. The monoisotopic (exact) mass is 333 g/mol. The molecule has 4 rings (SSSR count). The summed E-state index contributed by atoms with van der Waals surface area (Å²) in [5, 5.41) is 1.69. The summed E-state index contributed by atoms with van der Waals surface area (Å²) in [5.74, 6) is 0. The van der Waals surface area contributed by atoms with Crippen molar-refractivity contribution < 1.29 is 0 Å². The Morgan fingerprint density at radius 1 is 0.917 bits per heavy atom. The average Bonchev–Trinajstić information content (AvgIpc) is 2.98. The lowest BCUT2D eigenvalue weighted by Crippen LogP contribution is -1.86. The third kappa shape index (κ3) is 2.57. The molecule has 0 saturated carbocycles. The summed E-state index contributed by atoms with van der Waals surface area (Å²) >= 11 is 5.96. The van der Waals surface area contributed by atoms with Crippen LogP contribution in [0.3, 0.4) is 0 Å². The first-order valence-corrected chi connectivity index (χ1v) is 8.16. The average molecular weight is 334 g/mol. The molecule has 1 N–H and O–H groups in total. The Kier molecular flexibility index (Phi) is 3.58. The van der Waals surface area contributed by atoms with E-state index in [2.05, 4.69) is 53.1 Å². The van der Waals surface area contributed by atoms with E-state index in [1.807, 2.05) is 30.7 Å². The number of hydrogen-bond acceptors (Lipinski definition) is 2. The third-order valence-electron chi connectivity index (χ3n) is 4.34. The molecule has 0 aliphatic rings. The van der Waals surface area contributed by atoms with E-state index < -0.39 is 0 Å². The number of halogens is 1. The Morgan fingerprint density at radius 2 is 1.79 bits per heavy atom. The maximum absolute atomic E-state index is 5.96. The molecule has 3 heterocycles. The van der Waals surface area contributed by atoms with Crippen LogP contribution in [0.2, 0.25) is 5.15 Å². The van der Waals surface area contributed by atoms with Gasteiger partial charge < -0.3 is 4.98 Å². The minimum atomic E-state index is 0.522. The fraction of sp³-hybridized carbons (Fsp3) is 0.100. The Bertz CT molecular complexity index is 1050. The summed E-state index contributed by atoms with van der Waals surface area (Å²) < 4.78 is 0. The number of fused-ring (bicyclic) bond motifs is 1. The SMILES string of the molecule is Cc1cc(Cl)ncc1-c1ccc2[nH]c(-c3cnccc3C)cc2c1. The van der Waals surface area contributed by atoms with Gasteiger partial charge in [0, 0.05) is 46.3 Å². The lowest BCUT2D eigenvalue weighted by atomic mass is 10.0. The number of nitrogens with zero attached hydrogens (tertiary/aromatic N) is 2. The highest BCUT2D eigenvalue weighted by atomic mass is 35.5. The van der Waals surface area contributed by atoms with Crippen LogP contribution in [0.4, 0.5) is 0 Å². The first-order valence-electron chi connectivity index (χ1n) is 7.78. The highest BCUT2D eigenvalue weighted by Gasteiger charge is 2.09. The minimum absolute atomic E-state index is 0.522. The van der Waals surface area contributed by atoms with Crippen LogP contribution in [-0.4, -0.2) is 15.0 Å². The standard InChI is InChI=1S/C20H16ClN3/c1-12-5-6-22-10-17(12)19-9-15-8-14(3-4-18(15)24-19)16-11-23-20(21)7-13(16)2/h3-11,24H,1-2H3. The summed E-state index contributed by atoms with van der Waals surface area (Å²) in [6.07, 6.45) is 5.54. The predicted molar refractivity (Wildman–Crippen MR) is 99.2 cm³/mol. The molecule has 0 unspecified atom stereocenters. The van der Waals surface area contributed by atoms with Crippen LogP contribution in [0.25, 0.3) is 33.3 Å². The molecule has 0 aliphatic carbocycles. The molecule has 0 spiro atoms. The van der Waals surface area contributed by atoms with E-state index in [1.165, 1.54) is 10.9 Å².